The minimum atomic E-state index is -0.469. The lowest BCUT2D eigenvalue weighted by atomic mass is 10.0. The normalized spacial score (nSPS) is 11.6. The zero-order valence-corrected chi connectivity index (χ0v) is 25.7. The van der Waals surface area contributed by atoms with Gasteiger partial charge in [-0.3, -0.25) is 9.59 Å². The number of hydrogen-bond donors (Lipinski definition) is 0. The van der Waals surface area contributed by atoms with Crippen LogP contribution in [0.2, 0.25) is 0 Å². The van der Waals surface area contributed by atoms with Crippen molar-refractivity contribution in [1.29, 1.82) is 0 Å². The summed E-state index contributed by atoms with van der Waals surface area (Å²) in [7, 11) is 0. The van der Waals surface area contributed by atoms with Crippen molar-refractivity contribution in [3.05, 3.63) is 0 Å². The molecular formula is C31H60O8. The fourth-order valence-corrected chi connectivity index (χ4v) is 3.88. The molecule has 0 aliphatic heterocycles. The fourth-order valence-electron chi connectivity index (χ4n) is 3.88. The van der Waals surface area contributed by atoms with E-state index >= 15 is 0 Å². The van der Waals surface area contributed by atoms with E-state index in [0.717, 1.165) is 12.8 Å². The second-order valence-electron chi connectivity index (χ2n) is 11.0. The van der Waals surface area contributed by atoms with Gasteiger partial charge in [0.2, 0.25) is 0 Å². The highest BCUT2D eigenvalue weighted by molar-refractivity contribution is 5.70. The molecule has 39 heavy (non-hydrogen) atoms. The van der Waals surface area contributed by atoms with Gasteiger partial charge in [-0.15, -0.1) is 0 Å². The van der Waals surface area contributed by atoms with Crippen molar-refractivity contribution >= 4 is 11.9 Å². The van der Waals surface area contributed by atoms with E-state index in [1.807, 2.05) is 20.8 Å². The van der Waals surface area contributed by atoms with Gasteiger partial charge in [0.1, 0.15) is 12.2 Å². The predicted molar refractivity (Wildman–Crippen MR) is 155 cm³/mol. The monoisotopic (exact) mass is 560 g/mol. The minimum Gasteiger partial charge on any atom is -0.463 e. The molecule has 0 unspecified atom stereocenters. The molecule has 0 saturated heterocycles. The molecule has 0 radical (unpaired) electrons. The van der Waals surface area contributed by atoms with Crippen LogP contribution in [0.5, 0.6) is 0 Å². The maximum absolute atomic E-state index is 11.8. The van der Waals surface area contributed by atoms with Gasteiger partial charge < -0.3 is 28.4 Å². The second kappa shape index (κ2) is 28.3. The first kappa shape index (κ1) is 37.8. The van der Waals surface area contributed by atoms with Gasteiger partial charge in [-0.2, -0.15) is 0 Å². The highest BCUT2D eigenvalue weighted by Gasteiger charge is 2.15. The van der Waals surface area contributed by atoms with Crippen LogP contribution in [0.25, 0.3) is 0 Å². The first-order chi connectivity index (χ1) is 18.8. The Hall–Kier alpha value is -1.22. The van der Waals surface area contributed by atoms with Gasteiger partial charge in [0.15, 0.2) is 0 Å². The standard InChI is InChI=1S/C31H60O8/c1-5-6-7-8-9-10-11-12-13-14-15-16-17-18-29(32)38-28-27-37-26-25-36-24-23-35-22-21-34-20-19-30(33)39-31(2,3)4/h5-28H2,1-4H3. The maximum Gasteiger partial charge on any atom is 0.308 e. The molecule has 0 heterocycles. The number of carbonyl (C=O) groups excluding carboxylic acids is 2. The average Bonchev–Trinajstić information content (AvgIpc) is 2.88. The molecule has 0 atom stereocenters. The number of rotatable bonds is 29. The van der Waals surface area contributed by atoms with Crippen LogP contribution in [0.4, 0.5) is 0 Å². The van der Waals surface area contributed by atoms with Gasteiger partial charge in [0, 0.05) is 6.42 Å². The smallest absolute Gasteiger partial charge is 0.308 e. The van der Waals surface area contributed by atoms with E-state index in [0.29, 0.717) is 59.3 Å². The molecule has 0 rings (SSSR count). The van der Waals surface area contributed by atoms with E-state index in [1.54, 1.807) is 0 Å². The largest absolute Gasteiger partial charge is 0.463 e. The zero-order valence-electron chi connectivity index (χ0n) is 25.7. The number of hydrogen-bond acceptors (Lipinski definition) is 8. The third-order valence-corrected chi connectivity index (χ3v) is 5.96. The van der Waals surface area contributed by atoms with Crippen LogP contribution < -0.4 is 0 Å². The maximum atomic E-state index is 11.8. The van der Waals surface area contributed by atoms with Crippen LogP contribution in [-0.2, 0) is 38.0 Å². The third-order valence-electron chi connectivity index (χ3n) is 5.96. The summed E-state index contributed by atoms with van der Waals surface area (Å²) in [6.45, 7) is 11.5. The fraction of sp³-hybridized carbons (Fsp3) is 0.935. The number of carbonyl (C=O) groups is 2. The molecule has 0 aromatic rings. The quantitative estimate of drug-likeness (QED) is 0.0728. The van der Waals surface area contributed by atoms with Crippen molar-refractivity contribution in [1.82, 2.24) is 0 Å². The number of esters is 2. The van der Waals surface area contributed by atoms with Gasteiger partial charge in [0.25, 0.3) is 0 Å². The van der Waals surface area contributed by atoms with Crippen molar-refractivity contribution in [2.45, 2.75) is 130 Å². The molecule has 0 aromatic carbocycles. The number of ether oxygens (including phenoxy) is 6. The van der Waals surface area contributed by atoms with Crippen LogP contribution in [-0.4, -0.2) is 77.0 Å². The Kier molecular flexibility index (Phi) is 27.4. The second-order valence-corrected chi connectivity index (χ2v) is 11.0. The van der Waals surface area contributed by atoms with Gasteiger partial charge >= 0.3 is 11.9 Å². The Morgan fingerprint density at radius 2 is 0.846 bits per heavy atom. The molecule has 232 valence electrons. The lowest BCUT2D eigenvalue weighted by molar-refractivity contribution is -0.156. The molecular weight excluding hydrogens is 500 g/mol. The van der Waals surface area contributed by atoms with Crippen molar-refractivity contribution in [3.63, 3.8) is 0 Å². The summed E-state index contributed by atoms with van der Waals surface area (Å²) in [5, 5.41) is 0. The Morgan fingerprint density at radius 1 is 0.462 bits per heavy atom. The topological polar surface area (TPSA) is 89.5 Å². The molecule has 8 nitrogen and oxygen atoms in total. The van der Waals surface area contributed by atoms with Gasteiger partial charge in [-0.1, -0.05) is 84.0 Å². The van der Waals surface area contributed by atoms with E-state index in [9.17, 15) is 9.59 Å². The van der Waals surface area contributed by atoms with E-state index in [1.165, 1.54) is 70.6 Å². The number of unbranched alkanes of at least 4 members (excludes halogenated alkanes) is 12. The van der Waals surface area contributed by atoms with Crippen molar-refractivity contribution < 1.29 is 38.0 Å². The van der Waals surface area contributed by atoms with Crippen LogP contribution in [0.1, 0.15) is 124 Å². The van der Waals surface area contributed by atoms with E-state index in [2.05, 4.69) is 6.92 Å². The molecule has 0 aromatic heterocycles. The first-order valence-electron chi connectivity index (χ1n) is 15.5. The lowest BCUT2D eigenvalue weighted by Crippen LogP contribution is -2.24. The SMILES string of the molecule is CCCCCCCCCCCCCCCC(=O)OCCOCCOCCOCCOCCC(=O)OC(C)(C)C. The highest BCUT2D eigenvalue weighted by Crippen LogP contribution is 2.13. The molecule has 0 aliphatic rings. The van der Waals surface area contributed by atoms with Crippen molar-refractivity contribution in [2.24, 2.45) is 0 Å². The molecule has 0 fully saturated rings. The first-order valence-corrected chi connectivity index (χ1v) is 15.5. The summed E-state index contributed by atoms with van der Waals surface area (Å²) in [6, 6.07) is 0. The summed E-state index contributed by atoms with van der Waals surface area (Å²) in [5.41, 5.74) is -0.469. The van der Waals surface area contributed by atoms with Crippen molar-refractivity contribution in [2.75, 3.05) is 59.5 Å². The van der Waals surface area contributed by atoms with E-state index in [4.69, 9.17) is 28.4 Å². The summed E-state index contributed by atoms with van der Waals surface area (Å²) >= 11 is 0. The summed E-state index contributed by atoms with van der Waals surface area (Å²) in [4.78, 5) is 23.3. The summed E-state index contributed by atoms with van der Waals surface area (Å²) in [5.74, 6) is -0.397. The van der Waals surface area contributed by atoms with Crippen LogP contribution in [0.3, 0.4) is 0 Å². The van der Waals surface area contributed by atoms with E-state index < -0.39 is 5.60 Å². The molecule has 0 spiro atoms. The molecule has 0 aliphatic carbocycles. The predicted octanol–water partition coefficient (Wildman–Crippen LogP) is 6.81. The van der Waals surface area contributed by atoms with E-state index in [-0.39, 0.29) is 25.0 Å². The third kappa shape index (κ3) is 32.9. The Morgan fingerprint density at radius 3 is 1.28 bits per heavy atom. The average molecular weight is 561 g/mol. The zero-order chi connectivity index (χ0) is 28.9. The molecule has 0 saturated carbocycles. The van der Waals surface area contributed by atoms with Gasteiger partial charge in [-0.25, -0.2) is 0 Å². The Labute approximate surface area is 239 Å². The molecule has 0 bridgehead atoms. The molecule has 8 heteroatoms. The highest BCUT2D eigenvalue weighted by atomic mass is 16.6. The molecule has 0 N–H and O–H groups in total. The summed E-state index contributed by atoms with van der Waals surface area (Å²) < 4.78 is 32.1. The van der Waals surface area contributed by atoms with Gasteiger partial charge in [-0.05, 0) is 27.2 Å². The van der Waals surface area contributed by atoms with Gasteiger partial charge in [0.05, 0.1) is 59.3 Å². The van der Waals surface area contributed by atoms with Crippen LogP contribution in [0, 0.1) is 0 Å². The Balaban J connectivity index is 3.22. The van der Waals surface area contributed by atoms with Crippen LogP contribution in [0.15, 0.2) is 0 Å². The Bertz CT molecular complexity index is 547. The minimum absolute atomic E-state index is 0.135. The molecule has 0 amide bonds. The van der Waals surface area contributed by atoms with Crippen molar-refractivity contribution in [3.8, 4) is 0 Å². The summed E-state index contributed by atoms with van der Waals surface area (Å²) in [6.07, 6.45) is 17.6. The van der Waals surface area contributed by atoms with Crippen LogP contribution >= 0.6 is 0 Å². The lowest BCUT2D eigenvalue weighted by Gasteiger charge is -2.19.